The Morgan fingerprint density at radius 3 is 2.89 bits per heavy atom. The molecule has 0 aliphatic heterocycles. The number of hydrogen-bond acceptors (Lipinski definition) is 1. The van der Waals surface area contributed by atoms with E-state index < -0.39 is 0 Å². The van der Waals surface area contributed by atoms with Gasteiger partial charge >= 0.3 is 0 Å². The van der Waals surface area contributed by atoms with Crippen molar-refractivity contribution < 1.29 is 0 Å². The van der Waals surface area contributed by atoms with Gasteiger partial charge in [-0.1, -0.05) is 18.2 Å². The molecular formula is C14H14ClN3. The van der Waals surface area contributed by atoms with Crippen LogP contribution < -0.4 is 0 Å². The molecule has 0 unspecified atom stereocenters. The Kier molecular flexibility index (Phi) is 2.84. The summed E-state index contributed by atoms with van der Waals surface area (Å²) < 4.78 is 0. The normalized spacial score (nSPS) is 11.2. The topological polar surface area (TPSA) is 44.5 Å². The number of hydrogen-bond donors (Lipinski definition) is 2. The molecule has 2 aromatic heterocycles. The molecule has 0 bridgehead atoms. The number of imidazole rings is 1. The van der Waals surface area contributed by atoms with Crippen molar-refractivity contribution in [3.05, 3.63) is 42.0 Å². The third-order valence-electron chi connectivity index (χ3n) is 3.12. The molecule has 0 saturated carbocycles. The lowest BCUT2D eigenvalue weighted by molar-refractivity contribution is 0.996. The van der Waals surface area contributed by atoms with Gasteiger partial charge in [0, 0.05) is 34.5 Å². The molecule has 3 rings (SSSR count). The van der Waals surface area contributed by atoms with Gasteiger partial charge in [0.25, 0.3) is 0 Å². The lowest BCUT2D eigenvalue weighted by Gasteiger charge is -1.97. The maximum absolute atomic E-state index is 5.73. The second-order valence-electron chi connectivity index (χ2n) is 4.35. The first kappa shape index (κ1) is 11.4. The molecule has 3 nitrogen and oxygen atoms in total. The number of alkyl halides is 1. The molecular weight excluding hydrogens is 246 g/mol. The summed E-state index contributed by atoms with van der Waals surface area (Å²) in [6.07, 6.45) is 2.65. The minimum atomic E-state index is 0.583. The van der Waals surface area contributed by atoms with E-state index in [0.29, 0.717) is 5.88 Å². The number of fused-ring (bicyclic) bond motifs is 1. The van der Waals surface area contributed by atoms with Crippen molar-refractivity contribution in [3.63, 3.8) is 0 Å². The SMILES string of the molecule is Cc1[nH]c2ccccc2c1-c1cnc(CCCl)[nH]1. The van der Waals surface area contributed by atoms with Gasteiger partial charge in [0.15, 0.2) is 0 Å². The molecule has 0 saturated heterocycles. The highest BCUT2D eigenvalue weighted by Crippen LogP contribution is 2.30. The minimum absolute atomic E-state index is 0.583. The predicted octanol–water partition coefficient (Wildman–Crippen LogP) is 3.65. The lowest BCUT2D eigenvalue weighted by Crippen LogP contribution is -1.88. The van der Waals surface area contributed by atoms with E-state index in [2.05, 4.69) is 40.1 Å². The fourth-order valence-corrected chi connectivity index (χ4v) is 2.51. The van der Waals surface area contributed by atoms with Crippen molar-refractivity contribution in [1.29, 1.82) is 0 Å². The summed E-state index contributed by atoms with van der Waals surface area (Å²) in [5, 5.41) is 1.22. The van der Waals surface area contributed by atoms with E-state index in [1.165, 1.54) is 10.9 Å². The van der Waals surface area contributed by atoms with Gasteiger partial charge in [-0.25, -0.2) is 4.98 Å². The van der Waals surface area contributed by atoms with Crippen molar-refractivity contribution in [2.75, 3.05) is 5.88 Å². The number of rotatable bonds is 3. The largest absolute Gasteiger partial charge is 0.358 e. The molecule has 0 radical (unpaired) electrons. The van der Waals surface area contributed by atoms with Crippen LogP contribution in [0.25, 0.3) is 22.2 Å². The molecule has 2 heterocycles. The van der Waals surface area contributed by atoms with Gasteiger partial charge in [-0.05, 0) is 13.0 Å². The summed E-state index contributed by atoms with van der Waals surface area (Å²) in [7, 11) is 0. The van der Waals surface area contributed by atoms with Gasteiger partial charge < -0.3 is 9.97 Å². The summed E-state index contributed by atoms with van der Waals surface area (Å²) in [4.78, 5) is 11.1. The van der Waals surface area contributed by atoms with Crippen LogP contribution in [0.3, 0.4) is 0 Å². The highest BCUT2D eigenvalue weighted by Gasteiger charge is 2.12. The van der Waals surface area contributed by atoms with Crippen molar-refractivity contribution in [3.8, 4) is 11.3 Å². The third-order valence-corrected chi connectivity index (χ3v) is 3.31. The van der Waals surface area contributed by atoms with E-state index >= 15 is 0 Å². The molecule has 0 fully saturated rings. The van der Waals surface area contributed by atoms with E-state index in [4.69, 9.17) is 11.6 Å². The first-order valence-corrected chi connectivity index (χ1v) is 6.50. The Bertz CT molecular complexity index is 681. The monoisotopic (exact) mass is 259 g/mol. The van der Waals surface area contributed by atoms with Crippen LogP contribution in [0.5, 0.6) is 0 Å². The van der Waals surface area contributed by atoms with Crippen LogP contribution in [0.15, 0.2) is 30.5 Å². The second kappa shape index (κ2) is 4.50. The van der Waals surface area contributed by atoms with Gasteiger partial charge in [0.2, 0.25) is 0 Å². The van der Waals surface area contributed by atoms with E-state index in [0.717, 1.165) is 29.1 Å². The zero-order valence-electron chi connectivity index (χ0n) is 10.1. The molecule has 0 spiro atoms. The van der Waals surface area contributed by atoms with Crippen LogP contribution in [0.1, 0.15) is 11.5 Å². The number of para-hydroxylation sites is 1. The van der Waals surface area contributed by atoms with E-state index in [9.17, 15) is 0 Å². The molecule has 2 N–H and O–H groups in total. The van der Waals surface area contributed by atoms with Crippen molar-refractivity contribution in [2.24, 2.45) is 0 Å². The quantitative estimate of drug-likeness (QED) is 0.693. The van der Waals surface area contributed by atoms with Crippen molar-refractivity contribution >= 4 is 22.5 Å². The Morgan fingerprint density at radius 1 is 1.22 bits per heavy atom. The number of nitrogens with zero attached hydrogens (tertiary/aromatic N) is 1. The van der Waals surface area contributed by atoms with Crippen LogP contribution in [0, 0.1) is 6.92 Å². The smallest absolute Gasteiger partial charge is 0.107 e. The number of benzene rings is 1. The number of aromatic nitrogens is 3. The van der Waals surface area contributed by atoms with Gasteiger partial charge in [0.05, 0.1) is 11.9 Å². The number of aromatic amines is 2. The third kappa shape index (κ3) is 1.81. The number of aryl methyl sites for hydroxylation is 2. The van der Waals surface area contributed by atoms with E-state index in [-0.39, 0.29) is 0 Å². The molecule has 0 atom stereocenters. The Balaban J connectivity index is 2.15. The Labute approximate surface area is 110 Å². The van der Waals surface area contributed by atoms with E-state index in [1.54, 1.807) is 0 Å². The van der Waals surface area contributed by atoms with Gasteiger partial charge in [-0.2, -0.15) is 0 Å². The second-order valence-corrected chi connectivity index (χ2v) is 4.73. The molecule has 1 aromatic carbocycles. The summed E-state index contributed by atoms with van der Waals surface area (Å²) in [5.41, 5.74) is 4.54. The van der Waals surface area contributed by atoms with Crippen LogP contribution in [0.4, 0.5) is 0 Å². The van der Waals surface area contributed by atoms with Gasteiger partial charge in [-0.3, -0.25) is 0 Å². The fraction of sp³-hybridized carbons (Fsp3) is 0.214. The zero-order chi connectivity index (χ0) is 12.5. The first-order chi connectivity index (χ1) is 8.79. The summed E-state index contributed by atoms with van der Waals surface area (Å²) in [6, 6.07) is 8.29. The van der Waals surface area contributed by atoms with Crippen LogP contribution in [0.2, 0.25) is 0 Å². The summed E-state index contributed by atoms with van der Waals surface area (Å²) >= 11 is 5.73. The maximum atomic E-state index is 5.73. The summed E-state index contributed by atoms with van der Waals surface area (Å²) in [5.74, 6) is 1.52. The van der Waals surface area contributed by atoms with Crippen LogP contribution >= 0.6 is 11.6 Å². The highest BCUT2D eigenvalue weighted by molar-refractivity contribution is 6.17. The number of nitrogens with one attached hydrogen (secondary N) is 2. The molecule has 0 aliphatic carbocycles. The molecule has 4 heteroatoms. The Morgan fingerprint density at radius 2 is 2.06 bits per heavy atom. The molecule has 0 amide bonds. The molecule has 3 aromatic rings. The van der Waals surface area contributed by atoms with Crippen molar-refractivity contribution in [1.82, 2.24) is 15.0 Å². The van der Waals surface area contributed by atoms with Crippen LogP contribution in [-0.2, 0) is 6.42 Å². The lowest BCUT2D eigenvalue weighted by atomic mass is 10.1. The highest BCUT2D eigenvalue weighted by atomic mass is 35.5. The number of H-pyrrole nitrogens is 2. The minimum Gasteiger partial charge on any atom is -0.358 e. The van der Waals surface area contributed by atoms with Gasteiger partial charge in [0.1, 0.15) is 5.82 Å². The van der Waals surface area contributed by atoms with Crippen molar-refractivity contribution in [2.45, 2.75) is 13.3 Å². The fourth-order valence-electron chi connectivity index (χ4n) is 2.33. The average molecular weight is 260 g/mol. The molecule has 18 heavy (non-hydrogen) atoms. The van der Waals surface area contributed by atoms with E-state index in [1.807, 2.05) is 12.3 Å². The number of halogens is 1. The maximum Gasteiger partial charge on any atom is 0.107 e. The summed E-state index contributed by atoms with van der Waals surface area (Å²) in [6.45, 7) is 2.08. The standard InChI is InChI=1S/C14H14ClN3/c1-9-14(10-4-2-3-5-11(10)17-9)12-8-16-13(18-12)6-7-15/h2-5,8,17H,6-7H2,1H3,(H,16,18). The first-order valence-electron chi connectivity index (χ1n) is 5.97. The molecule has 0 aliphatic rings. The van der Waals surface area contributed by atoms with Crippen LogP contribution in [-0.4, -0.2) is 20.8 Å². The zero-order valence-corrected chi connectivity index (χ0v) is 10.9. The average Bonchev–Trinajstić information content (AvgIpc) is 2.92. The van der Waals surface area contributed by atoms with Gasteiger partial charge in [-0.15, -0.1) is 11.6 Å². The molecule has 92 valence electrons. The Hall–Kier alpha value is -1.74. The predicted molar refractivity (Wildman–Crippen MR) is 75.0 cm³/mol.